The quantitative estimate of drug-likeness (QED) is 0.673. The van der Waals surface area contributed by atoms with Crippen molar-refractivity contribution in [2.24, 2.45) is 0 Å². The largest absolute Gasteiger partial charge is 0.497 e. The molecule has 0 amide bonds. The number of benzene rings is 1. The minimum atomic E-state index is -0.149. The van der Waals surface area contributed by atoms with E-state index in [9.17, 15) is 4.79 Å². The van der Waals surface area contributed by atoms with Crippen LogP contribution in [0.3, 0.4) is 0 Å². The molecule has 4 nitrogen and oxygen atoms in total. The summed E-state index contributed by atoms with van der Waals surface area (Å²) >= 11 is 0. The van der Waals surface area contributed by atoms with Crippen molar-refractivity contribution in [3.63, 3.8) is 0 Å². The average Bonchev–Trinajstić information content (AvgIpc) is 2.90. The molecule has 4 heteroatoms. The summed E-state index contributed by atoms with van der Waals surface area (Å²) in [7, 11) is 1.59. The Morgan fingerprint density at radius 1 is 1.26 bits per heavy atom. The fourth-order valence-electron chi connectivity index (χ4n) is 1.95. The van der Waals surface area contributed by atoms with E-state index in [0.29, 0.717) is 22.6 Å². The Hall–Kier alpha value is -2.62. The molecule has 0 spiro atoms. The van der Waals surface area contributed by atoms with Gasteiger partial charge in [-0.3, -0.25) is 9.78 Å². The monoisotopic (exact) mass is 253 g/mol. The van der Waals surface area contributed by atoms with E-state index in [1.54, 1.807) is 43.6 Å². The highest BCUT2D eigenvalue weighted by atomic mass is 16.5. The van der Waals surface area contributed by atoms with Gasteiger partial charge in [0.15, 0.2) is 0 Å². The summed E-state index contributed by atoms with van der Waals surface area (Å²) in [5, 5.41) is 0.761. The zero-order valence-corrected chi connectivity index (χ0v) is 10.3. The molecule has 0 atom stereocenters. The van der Waals surface area contributed by atoms with Gasteiger partial charge in [-0.15, -0.1) is 0 Å². The van der Waals surface area contributed by atoms with Crippen LogP contribution < -0.4 is 4.74 Å². The topological polar surface area (TPSA) is 52.3 Å². The Kier molecular flexibility index (Phi) is 2.76. The molecule has 0 unspecified atom stereocenters. The lowest BCUT2D eigenvalue weighted by Crippen LogP contribution is -2.02. The molecule has 2 heterocycles. The molecule has 0 fully saturated rings. The van der Waals surface area contributed by atoms with Crippen LogP contribution >= 0.6 is 0 Å². The molecule has 0 bridgehead atoms. The van der Waals surface area contributed by atoms with Crippen LogP contribution in [-0.2, 0) is 0 Å². The Bertz CT molecular complexity index is 731. The molecule has 0 saturated heterocycles. The number of carbonyl (C=O) groups is 1. The van der Waals surface area contributed by atoms with Gasteiger partial charge in [0, 0.05) is 17.6 Å². The Morgan fingerprint density at radius 3 is 2.89 bits per heavy atom. The van der Waals surface area contributed by atoms with Crippen molar-refractivity contribution in [3.05, 3.63) is 60.1 Å². The number of aromatic nitrogens is 1. The maximum Gasteiger partial charge on any atom is 0.215 e. The van der Waals surface area contributed by atoms with E-state index in [2.05, 4.69) is 4.98 Å². The molecule has 0 aliphatic rings. The van der Waals surface area contributed by atoms with Crippen molar-refractivity contribution >= 4 is 16.8 Å². The number of ether oxygens (including phenoxy) is 1. The molecule has 2 aromatic heterocycles. The number of hydrogen-bond acceptors (Lipinski definition) is 4. The number of nitrogens with zero attached hydrogens (tertiary/aromatic N) is 1. The number of carbonyl (C=O) groups excluding carboxylic acids is 1. The van der Waals surface area contributed by atoms with E-state index in [0.717, 1.165) is 5.39 Å². The Labute approximate surface area is 109 Å². The SMILES string of the molecule is COc1ccc2c(C(=O)c3ccccn3)coc2c1. The van der Waals surface area contributed by atoms with E-state index >= 15 is 0 Å². The predicted molar refractivity (Wildman–Crippen MR) is 70.4 cm³/mol. The summed E-state index contributed by atoms with van der Waals surface area (Å²) in [4.78, 5) is 16.4. The number of pyridine rings is 1. The van der Waals surface area contributed by atoms with Crippen LogP contribution in [0.5, 0.6) is 5.75 Å². The molecule has 0 N–H and O–H groups in total. The second-order valence-electron chi connectivity index (χ2n) is 4.06. The normalized spacial score (nSPS) is 10.6. The van der Waals surface area contributed by atoms with Crippen molar-refractivity contribution in [2.75, 3.05) is 7.11 Å². The summed E-state index contributed by atoms with van der Waals surface area (Å²) in [6.07, 6.45) is 3.06. The van der Waals surface area contributed by atoms with E-state index < -0.39 is 0 Å². The Morgan fingerprint density at radius 2 is 2.16 bits per heavy atom. The van der Waals surface area contributed by atoms with Gasteiger partial charge >= 0.3 is 0 Å². The standard InChI is InChI=1S/C15H11NO3/c1-18-10-5-6-11-12(9-19-14(11)8-10)15(17)13-4-2-3-7-16-13/h2-9H,1H3. The van der Waals surface area contributed by atoms with Crippen LogP contribution in [0.25, 0.3) is 11.0 Å². The van der Waals surface area contributed by atoms with Crippen LogP contribution in [0.1, 0.15) is 16.1 Å². The summed E-state index contributed by atoms with van der Waals surface area (Å²) in [6, 6.07) is 10.6. The lowest BCUT2D eigenvalue weighted by molar-refractivity contribution is 0.103. The highest BCUT2D eigenvalue weighted by Crippen LogP contribution is 2.26. The molecule has 3 aromatic rings. The van der Waals surface area contributed by atoms with Crippen LogP contribution in [0.15, 0.2) is 53.3 Å². The number of methoxy groups -OCH3 is 1. The number of furan rings is 1. The second-order valence-corrected chi connectivity index (χ2v) is 4.06. The molecule has 3 rings (SSSR count). The highest BCUT2D eigenvalue weighted by molar-refractivity contribution is 6.15. The van der Waals surface area contributed by atoms with E-state index in [4.69, 9.17) is 9.15 Å². The molecular weight excluding hydrogens is 242 g/mol. The lowest BCUT2D eigenvalue weighted by atomic mass is 10.1. The fraction of sp³-hybridized carbons (Fsp3) is 0.0667. The zero-order chi connectivity index (χ0) is 13.2. The van der Waals surface area contributed by atoms with Crippen molar-refractivity contribution < 1.29 is 13.9 Å². The second kappa shape index (κ2) is 4.57. The van der Waals surface area contributed by atoms with Gasteiger partial charge in [-0.05, 0) is 24.3 Å². The van der Waals surface area contributed by atoms with Gasteiger partial charge in [-0.1, -0.05) is 6.07 Å². The molecule has 0 saturated carbocycles. The number of ketones is 1. The number of rotatable bonds is 3. The predicted octanol–water partition coefficient (Wildman–Crippen LogP) is 3.07. The molecule has 0 aliphatic carbocycles. The molecule has 0 radical (unpaired) electrons. The first kappa shape index (κ1) is 11.5. The van der Waals surface area contributed by atoms with Crippen molar-refractivity contribution in [3.8, 4) is 5.75 Å². The van der Waals surface area contributed by atoms with Crippen LogP contribution in [0, 0.1) is 0 Å². The van der Waals surface area contributed by atoms with Crippen molar-refractivity contribution in [1.82, 2.24) is 4.98 Å². The smallest absolute Gasteiger partial charge is 0.215 e. The highest BCUT2D eigenvalue weighted by Gasteiger charge is 2.16. The third kappa shape index (κ3) is 1.97. The molecule has 1 aromatic carbocycles. The maximum atomic E-state index is 12.3. The van der Waals surface area contributed by atoms with Gasteiger partial charge in [-0.2, -0.15) is 0 Å². The average molecular weight is 253 g/mol. The minimum Gasteiger partial charge on any atom is -0.497 e. The van der Waals surface area contributed by atoms with Gasteiger partial charge in [0.2, 0.25) is 5.78 Å². The number of fused-ring (bicyclic) bond motifs is 1. The third-order valence-corrected chi connectivity index (χ3v) is 2.92. The van der Waals surface area contributed by atoms with Gasteiger partial charge in [0.25, 0.3) is 0 Å². The van der Waals surface area contributed by atoms with Crippen LogP contribution in [-0.4, -0.2) is 17.9 Å². The van der Waals surface area contributed by atoms with Gasteiger partial charge in [-0.25, -0.2) is 0 Å². The summed E-state index contributed by atoms with van der Waals surface area (Å²) in [5.74, 6) is 0.545. The van der Waals surface area contributed by atoms with Gasteiger partial charge < -0.3 is 9.15 Å². The van der Waals surface area contributed by atoms with E-state index in [1.807, 2.05) is 6.07 Å². The first-order valence-electron chi connectivity index (χ1n) is 5.80. The fourth-order valence-corrected chi connectivity index (χ4v) is 1.95. The Balaban J connectivity index is 2.09. The first-order chi connectivity index (χ1) is 9.29. The van der Waals surface area contributed by atoms with Crippen LogP contribution in [0.2, 0.25) is 0 Å². The molecule has 0 aliphatic heterocycles. The summed E-state index contributed by atoms with van der Waals surface area (Å²) in [5.41, 5.74) is 1.54. The zero-order valence-electron chi connectivity index (χ0n) is 10.3. The molecule has 94 valence electrons. The van der Waals surface area contributed by atoms with Crippen molar-refractivity contribution in [2.45, 2.75) is 0 Å². The molecular formula is C15H11NO3. The number of hydrogen-bond donors (Lipinski definition) is 0. The first-order valence-corrected chi connectivity index (χ1v) is 5.80. The van der Waals surface area contributed by atoms with Gasteiger partial charge in [0.05, 0.1) is 12.7 Å². The lowest BCUT2D eigenvalue weighted by Gasteiger charge is -1.99. The van der Waals surface area contributed by atoms with Crippen LogP contribution in [0.4, 0.5) is 0 Å². The third-order valence-electron chi connectivity index (χ3n) is 2.92. The van der Waals surface area contributed by atoms with Crippen molar-refractivity contribution in [1.29, 1.82) is 0 Å². The van der Waals surface area contributed by atoms with Gasteiger partial charge in [0.1, 0.15) is 23.3 Å². The maximum absolute atomic E-state index is 12.3. The minimum absolute atomic E-state index is 0.149. The summed E-state index contributed by atoms with van der Waals surface area (Å²) < 4.78 is 10.5. The summed E-state index contributed by atoms with van der Waals surface area (Å²) in [6.45, 7) is 0. The molecule has 19 heavy (non-hydrogen) atoms. The van der Waals surface area contributed by atoms with E-state index in [-0.39, 0.29) is 5.78 Å². The van der Waals surface area contributed by atoms with E-state index in [1.165, 1.54) is 6.26 Å².